The van der Waals surface area contributed by atoms with Crippen molar-refractivity contribution < 1.29 is 0 Å². The van der Waals surface area contributed by atoms with Crippen molar-refractivity contribution in [3.8, 4) is 0 Å². The van der Waals surface area contributed by atoms with Crippen molar-refractivity contribution in [2.24, 2.45) is 5.84 Å². The largest absolute Gasteiger partial charge is 0.358 e. The predicted octanol–water partition coefficient (Wildman–Crippen LogP) is 1.44. The van der Waals surface area contributed by atoms with E-state index in [0.29, 0.717) is 17.4 Å². The number of H-pyrrole nitrogens is 1. The van der Waals surface area contributed by atoms with Crippen LogP contribution in [0.4, 0.5) is 11.8 Å². The van der Waals surface area contributed by atoms with E-state index >= 15 is 0 Å². The third-order valence-corrected chi connectivity index (χ3v) is 3.93. The Labute approximate surface area is 118 Å². The molecule has 0 spiro atoms. The van der Waals surface area contributed by atoms with Crippen LogP contribution in [0.2, 0.25) is 0 Å². The van der Waals surface area contributed by atoms with Crippen molar-refractivity contribution in [2.45, 2.75) is 19.4 Å². The minimum atomic E-state index is -0.363. The van der Waals surface area contributed by atoms with Crippen molar-refractivity contribution in [3.63, 3.8) is 0 Å². The zero-order chi connectivity index (χ0) is 14.2. The molecule has 0 saturated heterocycles. The number of hydrazine groups is 1. The summed E-state index contributed by atoms with van der Waals surface area (Å²) in [6.07, 6.45) is 3.46. The van der Waals surface area contributed by atoms with Gasteiger partial charge >= 0.3 is 0 Å². The van der Waals surface area contributed by atoms with Gasteiger partial charge < -0.3 is 5.32 Å². The fourth-order valence-corrected chi connectivity index (χ4v) is 2.59. The lowest BCUT2D eigenvalue weighted by Gasteiger charge is -2.24. The van der Waals surface area contributed by atoms with E-state index in [-0.39, 0.29) is 5.54 Å². The van der Waals surface area contributed by atoms with Crippen molar-refractivity contribution in [1.82, 2.24) is 25.1 Å². The van der Waals surface area contributed by atoms with Crippen LogP contribution in [-0.4, -0.2) is 25.1 Å². The van der Waals surface area contributed by atoms with Crippen LogP contribution in [0.15, 0.2) is 17.8 Å². The quantitative estimate of drug-likeness (QED) is 0.424. The fraction of sp³-hybridized carbons (Fsp3) is 0.273. The fourth-order valence-electron chi connectivity index (χ4n) is 1.88. The van der Waals surface area contributed by atoms with Gasteiger partial charge in [-0.15, -0.1) is 11.3 Å². The Morgan fingerprint density at radius 2 is 2.20 bits per heavy atom. The molecule has 0 aliphatic carbocycles. The molecule has 5 N–H and O–H groups in total. The van der Waals surface area contributed by atoms with Gasteiger partial charge in [0.1, 0.15) is 10.8 Å². The second kappa shape index (κ2) is 4.69. The van der Waals surface area contributed by atoms with Crippen molar-refractivity contribution >= 4 is 34.1 Å². The molecule has 0 saturated carbocycles. The lowest BCUT2D eigenvalue weighted by molar-refractivity contribution is 0.602. The number of anilines is 2. The summed E-state index contributed by atoms with van der Waals surface area (Å²) in [6.45, 7) is 4.07. The van der Waals surface area contributed by atoms with Gasteiger partial charge in [0, 0.05) is 11.6 Å². The molecule has 0 radical (unpaired) electrons. The Morgan fingerprint density at radius 1 is 1.35 bits per heavy atom. The second-order valence-corrected chi connectivity index (χ2v) is 5.65. The minimum Gasteiger partial charge on any atom is -0.358 e. The maximum absolute atomic E-state index is 5.39. The van der Waals surface area contributed by atoms with Crippen LogP contribution in [0.25, 0.3) is 11.0 Å². The van der Waals surface area contributed by atoms with Gasteiger partial charge in [-0.3, -0.25) is 10.5 Å². The van der Waals surface area contributed by atoms with E-state index < -0.39 is 0 Å². The van der Waals surface area contributed by atoms with Gasteiger partial charge in [-0.2, -0.15) is 15.1 Å². The SMILES string of the molecule is CC(C)(Nc1nc(NN)nc2[nH]ncc12)c1nccs1. The number of aromatic nitrogens is 5. The lowest BCUT2D eigenvalue weighted by Crippen LogP contribution is -2.28. The summed E-state index contributed by atoms with van der Waals surface area (Å²) in [5.41, 5.74) is 2.70. The number of thiazole rings is 1. The van der Waals surface area contributed by atoms with Gasteiger partial charge in [0.25, 0.3) is 0 Å². The second-order valence-electron chi connectivity index (χ2n) is 4.76. The molecule has 3 rings (SSSR count). The Balaban J connectivity index is 2.03. The number of nitrogen functional groups attached to an aromatic ring is 1. The predicted molar refractivity (Wildman–Crippen MR) is 78.3 cm³/mol. The van der Waals surface area contributed by atoms with Gasteiger partial charge in [0.05, 0.1) is 17.1 Å². The summed E-state index contributed by atoms with van der Waals surface area (Å²) in [5.74, 6) is 6.36. The molecular weight excluding hydrogens is 276 g/mol. The zero-order valence-electron chi connectivity index (χ0n) is 11.0. The Bertz CT molecular complexity index is 717. The monoisotopic (exact) mass is 290 g/mol. The van der Waals surface area contributed by atoms with Gasteiger partial charge in [-0.05, 0) is 13.8 Å². The first-order valence-corrected chi connectivity index (χ1v) is 6.84. The number of nitrogens with zero attached hydrogens (tertiary/aromatic N) is 4. The third kappa shape index (κ3) is 2.17. The highest BCUT2D eigenvalue weighted by Crippen LogP contribution is 2.29. The number of nitrogens with two attached hydrogens (primary N) is 1. The molecule has 0 bridgehead atoms. The standard InChI is InChI=1S/C11H14N8S/c1-11(2,9-13-3-4-20-9)17-7-6-5-14-19-8(6)16-10(15-7)18-12/h3-5H,12H2,1-2H3,(H3,14,15,16,17,18,19). The highest BCUT2D eigenvalue weighted by atomic mass is 32.1. The van der Waals surface area contributed by atoms with Crippen molar-refractivity contribution in [2.75, 3.05) is 10.7 Å². The lowest BCUT2D eigenvalue weighted by atomic mass is 10.1. The zero-order valence-corrected chi connectivity index (χ0v) is 11.8. The molecule has 20 heavy (non-hydrogen) atoms. The maximum Gasteiger partial charge on any atom is 0.241 e. The van der Waals surface area contributed by atoms with Crippen molar-refractivity contribution in [1.29, 1.82) is 0 Å². The van der Waals surface area contributed by atoms with Crippen LogP contribution >= 0.6 is 11.3 Å². The summed E-state index contributed by atoms with van der Waals surface area (Å²) >= 11 is 1.59. The highest BCUT2D eigenvalue weighted by Gasteiger charge is 2.25. The molecule has 0 aromatic carbocycles. The Hall–Kier alpha value is -2.26. The van der Waals surface area contributed by atoms with Crippen molar-refractivity contribution in [3.05, 3.63) is 22.8 Å². The summed E-state index contributed by atoms with van der Waals surface area (Å²) < 4.78 is 0. The summed E-state index contributed by atoms with van der Waals surface area (Å²) in [5, 5.41) is 13.9. The van der Waals surface area contributed by atoms with E-state index in [1.54, 1.807) is 23.7 Å². The van der Waals surface area contributed by atoms with Gasteiger partial charge in [-0.25, -0.2) is 10.8 Å². The topological polar surface area (TPSA) is 117 Å². The molecule has 8 nitrogen and oxygen atoms in total. The Morgan fingerprint density at radius 3 is 2.90 bits per heavy atom. The molecule has 9 heteroatoms. The number of hydrogen-bond donors (Lipinski definition) is 4. The molecule has 0 unspecified atom stereocenters. The number of nitrogens with one attached hydrogen (secondary N) is 3. The smallest absolute Gasteiger partial charge is 0.241 e. The van der Waals surface area contributed by atoms with Gasteiger partial charge in [-0.1, -0.05) is 0 Å². The molecular formula is C11H14N8S. The van der Waals surface area contributed by atoms with Crippen LogP contribution in [0.5, 0.6) is 0 Å². The summed E-state index contributed by atoms with van der Waals surface area (Å²) in [7, 11) is 0. The average molecular weight is 290 g/mol. The molecule has 0 amide bonds. The van der Waals surface area contributed by atoms with Crippen LogP contribution < -0.4 is 16.6 Å². The van der Waals surface area contributed by atoms with E-state index in [2.05, 4.69) is 35.9 Å². The first-order valence-electron chi connectivity index (χ1n) is 5.96. The molecule has 0 atom stereocenters. The van der Waals surface area contributed by atoms with Crippen LogP contribution in [0.1, 0.15) is 18.9 Å². The highest BCUT2D eigenvalue weighted by molar-refractivity contribution is 7.09. The minimum absolute atomic E-state index is 0.319. The molecule has 0 aliphatic heterocycles. The van der Waals surface area contributed by atoms with Gasteiger partial charge in [0.2, 0.25) is 5.95 Å². The van der Waals surface area contributed by atoms with E-state index in [1.165, 1.54) is 0 Å². The molecule has 3 aromatic rings. The molecule has 0 fully saturated rings. The third-order valence-electron chi connectivity index (χ3n) is 2.84. The normalized spacial score (nSPS) is 11.8. The van der Waals surface area contributed by atoms with E-state index in [0.717, 1.165) is 10.4 Å². The summed E-state index contributed by atoms with van der Waals surface area (Å²) in [6, 6.07) is 0. The van der Waals surface area contributed by atoms with Crippen LogP contribution in [0.3, 0.4) is 0 Å². The number of fused-ring (bicyclic) bond motifs is 1. The van der Waals surface area contributed by atoms with Gasteiger partial charge in [0.15, 0.2) is 5.65 Å². The van der Waals surface area contributed by atoms with E-state index in [1.807, 2.05) is 19.2 Å². The number of hydrogen-bond acceptors (Lipinski definition) is 8. The first kappa shape index (κ1) is 12.8. The maximum atomic E-state index is 5.39. The molecule has 104 valence electrons. The molecule has 0 aliphatic rings. The Kier molecular flexibility index (Phi) is 2.99. The van der Waals surface area contributed by atoms with Crippen LogP contribution in [0, 0.1) is 0 Å². The number of rotatable bonds is 4. The van der Waals surface area contributed by atoms with E-state index in [4.69, 9.17) is 5.84 Å². The van der Waals surface area contributed by atoms with E-state index in [9.17, 15) is 0 Å². The van der Waals surface area contributed by atoms with Crippen LogP contribution in [-0.2, 0) is 5.54 Å². The molecule has 3 heterocycles. The molecule has 3 aromatic heterocycles. The summed E-state index contributed by atoms with van der Waals surface area (Å²) in [4.78, 5) is 12.9. The first-order chi connectivity index (χ1) is 9.60. The number of aromatic amines is 1. The average Bonchev–Trinajstić information content (AvgIpc) is 3.09.